The molecular formula is C23H26N2O5. The summed E-state index contributed by atoms with van der Waals surface area (Å²) >= 11 is 0. The van der Waals surface area contributed by atoms with Crippen LogP contribution in [0.1, 0.15) is 17.0 Å². The first kappa shape index (κ1) is 21.5. The van der Waals surface area contributed by atoms with E-state index in [2.05, 4.69) is 41.5 Å². The van der Waals surface area contributed by atoms with E-state index in [0.717, 1.165) is 22.3 Å². The highest BCUT2D eigenvalue weighted by Gasteiger charge is 2.29. The number of aliphatic hydroxyl groups is 1. The van der Waals surface area contributed by atoms with Gasteiger partial charge in [0, 0.05) is 19.0 Å². The van der Waals surface area contributed by atoms with Gasteiger partial charge in [0.2, 0.25) is 0 Å². The average molecular weight is 410 g/mol. The van der Waals surface area contributed by atoms with E-state index in [1.165, 1.54) is 6.08 Å². The van der Waals surface area contributed by atoms with Gasteiger partial charge < -0.3 is 25.2 Å². The molecule has 0 spiro atoms. The second kappa shape index (κ2) is 10.6. The molecule has 7 nitrogen and oxygen atoms in total. The van der Waals surface area contributed by atoms with Crippen molar-refractivity contribution >= 4 is 12.1 Å². The van der Waals surface area contributed by atoms with Crippen LogP contribution in [0.4, 0.5) is 4.79 Å². The molecule has 0 fully saturated rings. The summed E-state index contributed by atoms with van der Waals surface area (Å²) in [5.41, 5.74) is 4.60. The van der Waals surface area contributed by atoms with Crippen LogP contribution in [0.15, 0.2) is 61.2 Å². The fraction of sp³-hybridized carbons (Fsp3) is 0.304. The quantitative estimate of drug-likeness (QED) is 0.411. The number of hydrogen-bond acceptors (Lipinski definition) is 6. The molecule has 1 aliphatic rings. The first-order valence-electron chi connectivity index (χ1n) is 9.84. The predicted molar refractivity (Wildman–Crippen MR) is 113 cm³/mol. The molecule has 0 aromatic heterocycles. The van der Waals surface area contributed by atoms with Crippen LogP contribution in [0.5, 0.6) is 0 Å². The lowest BCUT2D eigenvalue weighted by atomic mass is 9.98. The normalized spacial score (nSPS) is 13.1. The highest BCUT2D eigenvalue weighted by atomic mass is 16.5. The van der Waals surface area contributed by atoms with Crippen LogP contribution < -0.4 is 10.6 Å². The van der Waals surface area contributed by atoms with Crippen LogP contribution in [0.3, 0.4) is 0 Å². The van der Waals surface area contributed by atoms with Gasteiger partial charge in [-0.15, -0.1) is 0 Å². The molecule has 1 unspecified atom stereocenters. The Morgan fingerprint density at radius 3 is 2.30 bits per heavy atom. The third-order valence-electron chi connectivity index (χ3n) is 4.84. The number of carbonyl (C=O) groups excluding carboxylic acids is 2. The third kappa shape index (κ3) is 5.46. The SMILES string of the molecule is C=CCOC(=O)CNCC(O)CNC(=O)OCC1c2ccccc2-c2ccccc21. The summed E-state index contributed by atoms with van der Waals surface area (Å²) in [6.45, 7) is 3.92. The molecule has 158 valence electrons. The second-order valence-corrected chi connectivity index (χ2v) is 6.96. The Kier molecular flexibility index (Phi) is 7.59. The van der Waals surface area contributed by atoms with Crippen molar-refractivity contribution in [2.24, 2.45) is 0 Å². The Labute approximate surface area is 175 Å². The van der Waals surface area contributed by atoms with E-state index >= 15 is 0 Å². The molecule has 30 heavy (non-hydrogen) atoms. The first-order valence-corrected chi connectivity index (χ1v) is 9.84. The smallest absolute Gasteiger partial charge is 0.407 e. The van der Waals surface area contributed by atoms with Gasteiger partial charge in [0.1, 0.15) is 13.2 Å². The number of nitrogens with one attached hydrogen (secondary N) is 2. The highest BCUT2D eigenvalue weighted by Crippen LogP contribution is 2.44. The molecule has 0 saturated heterocycles. The summed E-state index contributed by atoms with van der Waals surface area (Å²) < 4.78 is 10.2. The lowest BCUT2D eigenvalue weighted by Gasteiger charge is -2.16. The van der Waals surface area contributed by atoms with Crippen molar-refractivity contribution in [3.05, 3.63) is 72.3 Å². The molecule has 2 aromatic carbocycles. The highest BCUT2D eigenvalue weighted by molar-refractivity contribution is 5.79. The van der Waals surface area contributed by atoms with Crippen LogP contribution in [0.25, 0.3) is 11.1 Å². The maximum atomic E-state index is 12.1. The summed E-state index contributed by atoms with van der Waals surface area (Å²) in [6.07, 6.45) is 0.0180. The number of ether oxygens (including phenoxy) is 2. The van der Waals surface area contributed by atoms with E-state index in [-0.39, 0.29) is 38.8 Å². The molecule has 1 atom stereocenters. The van der Waals surface area contributed by atoms with Gasteiger partial charge in [-0.25, -0.2) is 4.79 Å². The molecule has 0 radical (unpaired) electrons. The molecule has 0 bridgehead atoms. The van der Waals surface area contributed by atoms with Crippen molar-refractivity contribution < 1.29 is 24.2 Å². The minimum Gasteiger partial charge on any atom is -0.461 e. The average Bonchev–Trinajstić information content (AvgIpc) is 3.08. The van der Waals surface area contributed by atoms with Gasteiger partial charge in [0.25, 0.3) is 0 Å². The molecule has 3 N–H and O–H groups in total. The zero-order chi connectivity index (χ0) is 21.3. The van der Waals surface area contributed by atoms with Crippen LogP contribution in [-0.2, 0) is 14.3 Å². The van der Waals surface area contributed by atoms with Gasteiger partial charge in [-0.3, -0.25) is 4.79 Å². The Hall–Kier alpha value is -3.16. The number of alkyl carbamates (subject to hydrolysis) is 1. The van der Waals surface area contributed by atoms with Gasteiger partial charge in [-0.1, -0.05) is 61.2 Å². The zero-order valence-electron chi connectivity index (χ0n) is 16.7. The maximum absolute atomic E-state index is 12.1. The summed E-state index contributed by atoms with van der Waals surface area (Å²) in [5.74, 6) is -0.456. The molecule has 7 heteroatoms. The third-order valence-corrected chi connectivity index (χ3v) is 4.84. The topological polar surface area (TPSA) is 96.9 Å². The molecule has 1 aliphatic carbocycles. The molecule has 0 saturated carbocycles. The predicted octanol–water partition coefficient (Wildman–Crippen LogP) is 2.20. The number of hydrogen-bond donors (Lipinski definition) is 3. The fourth-order valence-corrected chi connectivity index (χ4v) is 3.47. The molecule has 1 amide bonds. The zero-order valence-corrected chi connectivity index (χ0v) is 16.7. The minimum atomic E-state index is -0.863. The Morgan fingerprint density at radius 1 is 1.03 bits per heavy atom. The largest absolute Gasteiger partial charge is 0.461 e. The minimum absolute atomic E-state index is 0.00534. The van der Waals surface area contributed by atoms with Gasteiger partial charge >= 0.3 is 12.1 Å². The number of fused-ring (bicyclic) bond motifs is 3. The van der Waals surface area contributed by atoms with Gasteiger partial charge in [0.05, 0.1) is 12.6 Å². The van der Waals surface area contributed by atoms with Crippen molar-refractivity contribution in [1.82, 2.24) is 10.6 Å². The first-order chi connectivity index (χ1) is 14.6. The van der Waals surface area contributed by atoms with Gasteiger partial charge in [-0.2, -0.15) is 0 Å². The van der Waals surface area contributed by atoms with Crippen LogP contribution in [0, 0.1) is 0 Å². The van der Waals surface area contributed by atoms with E-state index < -0.39 is 18.2 Å². The van der Waals surface area contributed by atoms with Crippen molar-refractivity contribution in [1.29, 1.82) is 0 Å². The summed E-state index contributed by atoms with van der Waals surface area (Å²) in [6, 6.07) is 16.2. The number of rotatable bonds is 10. The number of amides is 1. The number of esters is 1. The summed E-state index contributed by atoms with van der Waals surface area (Å²) in [4.78, 5) is 23.4. The summed E-state index contributed by atoms with van der Waals surface area (Å²) in [5, 5.41) is 15.2. The van der Waals surface area contributed by atoms with Crippen molar-refractivity contribution in [2.45, 2.75) is 12.0 Å². The Balaban J connectivity index is 1.42. The van der Waals surface area contributed by atoms with Crippen molar-refractivity contribution in [2.75, 3.05) is 32.8 Å². The number of carbonyl (C=O) groups is 2. The van der Waals surface area contributed by atoms with Crippen molar-refractivity contribution in [3.63, 3.8) is 0 Å². The molecular weight excluding hydrogens is 384 g/mol. The van der Waals surface area contributed by atoms with Crippen LogP contribution >= 0.6 is 0 Å². The van der Waals surface area contributed by atoms with Gasteiger partial charge in [-0.05, 0) is 22.3 Å². The van der Waals surface area contributed by atoms with Crippen molar-refractivity contribution in [3.8, 4) is 11.1 Å². The monoisotopic (exact) mass is 410 g/mol. The lowest BCUT2D eigenvalue weighted by molar-refractivity contribution is -0.141. The van der Waals surface area contributed by atoms with Crippen LogP contribution in [0.2, 0.25) is 0 Å². The van der Waals surface area contributed by atoms with Gasteiger partial charge in [0.15, 0.2) is 0 Å². The Morgan fingerprint density at radius 2 is 1.67 bits per heavy atom. The van der Waals surface area contributed by atoms with E-state index in [9.17, 15) is 14.7 Å². The van der Waals surface area contributed by atoms with E-state index in [1.54, 1.807) is 0 Å². The number of aliphatic hydroxyl groups excluding tert-OH is 1. The number of benzene rings is 2. The fourth-order valence-electron chi connectivity index (χ4n) is 3.47. The molecule has 0 heterocycles. The maximum Gasteiger partial charge on any atom is 0.407 e. The second-order valence-electron chi connectivity index (χ2n) is 6.96. The molecule has 2 aromatic rings. The van der Waals surface area contributed by atoms with Crippen LogP contribution in [-0.4, -0.2) is 56.1 Å². The molecule has 3 rings (SSSR count). The van der Waals surface area contributed by atoms with E-state index in [4.69, 9.17) is 9.47 Å². The standard InChI is InChI=1S/C23H26N2O5/c1-2-11-29-22(27)14-24-12-16(26)13-25-23(28)30-15-21-19-9-5-3-7-17(19)18-8-4-6-10-20(18)21/h2-10,16,21,24,26H,1,11-15H2,(H,25,28). The van der Waals surface area contributed by atoms with E-state index in [1.807, 2.05) is 24.3 Å². The summed E-state index contributed by atoms with van der Waals surface area (Å²) in [7, 11) is 0. The van der Waals surface area contributed by atoms with E-state index in [0.29, 0.717) is 0 Å². The Bertz CT molecular complexity index is 853. The molecule has 0 aliphatic heterocycles. The lowest BCUT2D eigenvalue weighted by Crippen LogP contribution is -2.40.